The lowest BCUT2D eigenvalue weighted by Crippen LogP contribution is -2.55. The maximum Gasteiger partial charge on any atom is 0.259 e. The lowest BCUT2D eigenvalue weighted by atomic mass is 10.1. The summed E-state index contributed by atoms with van der Waals surface area (Å²) in [5.41, 5.74) is 6.84. The van der Waals surface area contributed by atoms with Crippen LogP contribution in [0, 0.1) is 5.41 Å². The Kier molecular flexibility index (Phi) is 5.32. The van der Waals surface area contributed by atoms with Gasteiger partial charge in [-0.1, -0.05) is 0 Å². The number of hydrogen-bond acceptors (Lipinski definition) is 6. The second-order valence-electron chi connectivity index (χ2n) is 7.12. The fourth-order valence-corrected chi connectivity index (χ4v) is 3.45. The predicted molar refractivity (Wildman–Crippen MR) is 114 cm³/mol. The maximum atomic E-state index is 13.0. The Hall–Kier alpha value is -3.89. The van der Waals surface area contributed by atoms with Gasteiger partial charge in [0.15, 0.2) is 18.1 Å². The van der Waals surface area contributed by atoms with Crippen LogP contribution >= 0.6 is 0 Å². The van der Waals surface area contributed by atoms with Crippen molar-refractivity contribution in [1.82, 2.24) is 4.98 Å². The number of nitrogen functional groups attached to an aromatic ring is 1. The van der Waals surface area contributed by atoms with E-state index in [0.29, 0.717) is 22.3 Å². The molecule has 0 radical (unpaired) electrons. The zero-order valence-corrected chi connectivity index (χ0v) is 16.3. The summed E-state index contributed by atoms with van der Waals surface area (Å²) in [7, 11) is 0. The van der Waals surface area contributed by atoms with Gasteiger partial charge in [0.2, 0.25) is 0 Å². The molecule has 0 bridgehead atoms. The second-order valence-corrected chi connectivity index (χ2v) is 7.12. The van der Waals surface area contributed by atoms with Crippen LogP contribution in [-0.4, -0.2) is 58.2 Å². The smallest absolute Gasteiger partial charge is 0.259 e. The minimum Gasteiger partial charge on any atom is -0.494 e. The van der Waals surface area contributed by atoms with Gasteiger partial charge in [0, 0.05) is 40.5 Å². The molecule has 0 unspecified atom stereocenters. The molecule has 1 saturated heterocycles. The number of aromatic nitrogens is 1. The highest BCUT2D eigenvalue weighted by atomic mass is 16.5. The van der Waals surface area contributed by atoms with Crippen LogP contribution in [0.3, 0.4) is 0 Å². The van der Waals surface area contributed by atoms with Crippen LogP contribution in [0.5, 0.6) is 5.88 Å². The molecule has 0 spiro atoms. The highest BCUT2D eigenvalue weighted by Gasteiger charge is 2.39. The average Bonchev–Trinajstić information content (AvgIpc) is 3.14. The molecule has 2 atom stereocenters. The largest absolute Gasteiger partial charge is 0.494 e. The lowest BCUT2D eigenvalue weighted by molar-refractivity contribution is -0.150. The Bertz CT molecular complexity index is 1160. The SMILES string of the molecule is N=C(N)c1ccc(NC(=O)[C@H](O)[C@H]2OCCN(c3ccc4c(O)[nH]cc4c3)C2=O)cc1. The Balaban J connectivity index is 1.48. The predicted octanol–water partition coefficient (Wildman–Crippen LogP) is 0.889. The molecule has 2 amide bonds. The normalized spacial score (nSPS) is 17.5. The van der Waals surface area contributed by atoms with Crippen LogP contribution < -0.4 is 16.0 Å². The number of rotatable bonds is 5. The summed E-state index contributed by atoms with van der Waals surface area (Å²) in [6.07, 6.45) is -1.46. The van der Waals surface area contributed by atoms with Crippen molar-refractivity contribution in [2.24, 2.45) is 5.73 Å². The van der Waals surface area contributed by atoms with E-state index in [4.69, 9.17) is 15.9 Å². The van der Waals surface area contributed by atoms with Gasteiger partial charge < -0.3 is 35.9 Å². The van der Waals surface area contributed by atoms with Crippen molar-refractivity contribution >= 4 is 39.8 Å². The Morgan fingerprint density at radius 3 is 2.74 bits per heavy atom. The van der Waals surface area contributed by atoms with Crippen molar-refractivity contribution in [2.45, 2.75) is 12.2 Å². The zero-order valence-electron chi connectivity index (χ0n) is 16.3. The summed E-state index contributed by atoms with van der Waals surface area (Å²) < 4.78 is 5.41. The van der Waals surface area contributed by atoms with E-state index < -0.39 is 24.0 Å². The Morgan fingerprint density at radius 2 is 2.03 bits per heavy atom. The van der Waals surface area contributed by atoms with Crippen LogP contribution in [0.2, 0.25) is 0 Å². The van der Waals surface area contributed by atoms with Gasteiger partial charge in [-0.05, 0) is 42.5 Å². The Labute approximate surface area is 176 Å². The van der Waals surface area contributed by atoms with Crippen molar-refractivity contribution in [3.63, 3.8) is 0 Å². The molecule has 1 aromatic heterocycles. The number of carbonyl (C=O) groups is 2. The van der Waals surface area contributed by atoms with E-state index in [1.165, 1.54) is 4.90 Å². The zero-order chi connectivity index (χ0) is 22.1. The first-order chi connectivity index (χ1) is 14.8. The molecule has 10 heteroatoms. The van der Waals surface area contributed by atoms with Crippen molar-refractivity contribution in [3.05, 3.63) is 54.2 Å². The minimum atomic E-state index is -1.72. The van der Waals surface area contributed by atoms with E-state index in [1.807, 2.05) is 0 Å². The van der Waals surface area contributed by atoms with Gasteiger partial charge in [-0.25, -0.2) is 0 Å². The Morgan fingerprint density at radius 1 is 1.29 bits per heavy atom. The number of amides is 2. The number of anilines is 2. The highest BCUT2D eigenvalue weighted by Crippen LogP contribution is 2.29. The van der Waals surface area contributed by atoms with Crippen LogP contribution in [-0.2, 0) is 14.3 Å². The third-order valence-corrected chi connectivity index (χ3v) is 5.11. The number of morpholine rings is 1. The van der Waals surface area contributed by atoms with E-state index in [-0.39, 0.29) is 24.9 Å². The monoisotopic (exact) mass is 423 g/mol. The summed E-state index contributed by atoms with van der Waals surface area (Å²) in [6, 6.07) is 11.3. The molecule has 1 fully saturated rings. The number of carbonyl (C=O) groups excluding carboxylic acids is 2. The molecular formula is C21H21N5O5. The molecule has 1 aliphatic heterocycles. The van der Waals surface area contributed by atoms with E-state index in [0.717, 1.165) is 5.39 Å². The van der Waals surface area contributed by atoms with Crippen molar-refractivity contribution in [1.29, 1.82) is 5.41 Å². The maximum absolute atomic E-state index is 13.0. The number of hydrogen-bond donors (Lipinski definition) is 6. The van der Waals surface area contributed by atoms with Gasteiger partial charge in [-0.3, -0.25) is 15.0 Å². The van der Waals surface area contributed by atoms with E-state index in [2.05, 4.69) is 10.3 Å². The molecule has 2 heterocycles. The topological polar surface area (TPSA) is 165 Å². The number of aromatic hydroxyl groups is 1. The molecule has 0 aliphatic carbocycles. The van der Waals surface area contributed by atoms with E-state index in [1.54, 1.807) is 48.7 Å². The van der Waals surface area contributed by atoms with E-state index >= 15 is 0 Å². The number of H-pyrrole nitrogens is 1. The van der Waals surface area contributed by atoms with E-state index in [9.17, 15) is 19.8 Å². The number of aromatic amines is 1. The first kappa shape index (κ1) is 20.4. The van der Waals surface area contributed by atoms with Crippen LogP contribution in [0.4, 0.5) is 11.4 Å². The number of nitrogens with two attached hydrogens (primary N) is 1. The van der Waals surface area contributed by atoms with Gasteiger partial charge in [0.05, 0.1) is 6.61 Å². The van der Waals surface area contributed by atoms with Gasteiger partial charge in [0.1, 0.15) is 5.84 Å². The lowest BCUT2D eigenvalue weighted by Gasteiger charge is -2.34. The van der Waals surface area contributed by atoms with Gasteiger partial charge in [0.25, 0.3) is 11.8 Å². The minimum absolute atomic E-state index is 0.0381. The third kappa shape index (κ3) is 3.93. The molecule has 10 nitrogen and oxygen atoms in total. The molecule has 1 aliphatic rings. The van der Waals surface area contributed by atoms with Crippen LogP contribution in [0.15, 0.2) is 48.7 Å². The fraction of sp³-hybridized carbons (Fsp3) is 0.190. The summed E-state index contributed by atoms with van der Waals surface area (Å²) in [5.74, 6) is -1.40. The van der Waals surface area contributed by atoms with Gasteiger partial charge in [-0.15, -0.1) is 0 Å². The van der Waals surface area contributed by atoms with Gasteiger partial charge in [-0.2, -0.15) is 0 Å². The first-order valence-corrected chi connectivity index (χ1v) is 9.51. The first-order valence-electron chi connectivity index (χ1n) is 9.51. The molecule has 4 rings (SSSR count). The third-order valence-electron chi connectivity index (χ3n) is 5.11. The second kappa shape index (κ2) is 8.09. The van der Waals surface area contributed by atoms with Crippen molar-refractivity contribution in [3.8, 4) is 5.88 Å². The number of nitrogens with one attached hydrogen (secondary N) is 3. The molecule has 31 heavy (non-hydrogen) atoms. The molecular weight excluding hydrogens is 402 g/mol. The summed E-state index contributed by atoms with van der Waals surface area (Å²) in [5, 5.41) is 31.5. The van der Waals surface area contributed by atoms with Gasteiger partial charge >= 0.3 is 0 Å². The number of aliphatic hydroxyl groups excluding tert-OH is 1. The quantitative estimate of drug-likeness (QED) is 0.263. The van der Waals surface area contributed by atoms with Crippen LogP contribution in [0.25, 0.3) is 10.8 Å². The van der Waals surface area contributed by atoms with Crippen molar-refractivity contribution < 1.29 is 24.5 Å². The molecule has 0 saturated carbocycles. The number of fused-ring (bicyclic) bond motifs is 1. The fourth-order valence-electron chi connectivity index (χ4n) is 3.45. The number of benzene rings is 2. The number of amidine groups is 1. The summed E-state index contributed by atoms with van der Waals surface area (Å²) in [4.78, 5) is 29.6. The standard InChI is InChI=1S/C21H21N5O5/c22-18(23)11-1-3-13(4-2-11)25-20(29)16(27)17-21(30)26(7-8-31-17)14-5-6-15-12(9-14)10-24-19(15)28/h1-6,9-10,16-17,24,27-28H,7-8H2,(H3,22,23)(H,25,29)/t16-,17-/m1/s1. The molecule has 3 aromatic rings. The van der Waals surface area contributed by atoms with Crippen LogP contribution in [0.1, 0.15) is 5.56 Å². The number of aliphatic hydroxyl groups is 1. The molecule has 2 aromatic carbocycles. The highest BCUT2D eigenvalue weighted by molar-refractivity contribution is 6.05. The average molecular weight is 423 g/mol. The van der Waals surface area contributed by atoms with Crippen molar-refractivity contribution in [2.75, 3.05) is 23.4 Å². The number of nitrogens with zero attached hydrogens (tertiary/aromatic N) is 1. The molecule has 160 valence electrons. The number of ether oxygens (including phenoxy) is 1. The summed E-state index contributed by atoms with van der Waals surface area (Å²) >= 11 is 0. The molecule has 7 N–H and O–H groups in total. The summed E-state index contributed by atoms with van der Waals surface area (Å²) in [6.45, 7) is 0.405.